The van der Waals surface area contributed by atoms with Gasteiger partial charge in [0.25, 0.3) is 0 Å². The summed E-state index contributed by atoms with van der Waals surface area (Å²) in [6.07, 6.45) is 11.7. The second-order valence-electron chi connectivity index (χ2n) is 18.7. The molecule has 0 spiro atoms. The summed E-state index contributed by atoms with van der Waals surface area (Å²) in [5.41, 5.74) is 1.02. The average molecular weight is 882 g/mol. The Labute approximate surface area is 339 Å². The van der Waals surface area contributed by atoms with E-state index in [1.807, 2.05) is 18.2 Å². The van der Waals surface area contributed by atoms with E-state index in [0.29, 0.717) is 19.4 Å². The predicted octanol–water partition coefficient (Wildman–Crippen LogP) is 12.9. The quantitative estimate of drug-likeness (QED) is 0.0739. The van der Waals surface area contributed by atoms with Gasteiger partial charge in [-0.05, 0) is 18.1 Å². The molecule has 0 amide bonds. The number of allylic oxidation sites excluding steroid dienone is 1. The van der Waals surface area contributed by atoms with Crippen LogP contribution in [-0.4, -0.2) is 76.7 Å². The molecule has 1 aromatic rings. The first-order valence-corrected chi connectivity index (χ1v) is 32.3. The zero-order valence-electron chi connectivity index (χ0n) is 37.5. The van der Waals surface area contributed by atoms with Gasteiger partial charge in [0, 0.05) is 18.1 Å². The fraction of sp³-hybridized carbons (Fsp3) is 0.826. The number of aliphatic hydroxyl groups is 1. The maximum atomic E-state index is 11.6. The molecule has 1 fully saturated rings. The van der Waals surface area contributed by atoms with Crippen molar-refractivity contribution >= 4 is 26.7 Å². The SMILES string of the molecule is CCC[CH2][Sn]([CH2]CCC)([CH2]CCC)/[C](C)=C\[C@H](C)[C@H](OCOC)[C@@H](C)CC[C@H](O)C[C@@H]1O[C@H](c2ccccc2)O[C@H]([C@@H](C)CO[Si](C)(C)C(C)(C)C)[C@H]1C. The third kappa shape index (κ3) is 15.5. The molecule has 1 N–H and O–H groups in total. The molecule has 1 aliphatic rings. The molecule has 6 nitrogen and oxygen atoms in total. The molecule has 54 heavy (non-hydrogen) atoms. The Balaban J connectivity index is 2.22. The summed E-state index contributed by atoms with van der Waals surface area (Å²) in [5, 5.41) is 11.8. The van der Waals surface area contributed by atoms with Crippen molar-refractivity contribution in [2.75, 3.05) is 20.5 Å². The van der Waals surface area contributed by atoms with Crippen LogP contribution in [0, 0.1) is 23.7 Å². The van der Waals surface area contributed by atoms with Crippen LogP contribution in [0.5, 0.6) is 0 Å². The van der Waals surface area contributed by atoms with Crippen LogP contribution in [0.3, 0.4) is 0 Å². The van der Waals surface area contributed by atoms with Crippen LogP contribution in [0.25, 0.3) is 0 Å². The van der Waals surface area contributed by atoms with Crippen LogP contribution in [0.1, 0.15) is 146 Å². The molecule has 8 heteroatoms. The van der Waals surface area contributed by atoms with Crippen molar-refractivity contribution in [2.45, 2.75) is 196 Å². The van der Waals surface area contributed by atoms with Gasteiger partial charge in [0.1, 0.15) is 0 Å². The number of hydrogen-bond acceptors (Lipinski definition) is 6. The van der Waals surface area contributed by atoms with Crippen LogP contribution < -0.4 is 0 Å². The van der Waals surface area contributed by atoms with Gasteiger partial charge in [0.15, 0.2) is 8.32 Å². The van der Waals surface area contributed by atoms with E-state index in [1.165, 1.54) is 51.8 Å². The van der Waals surface area contributed by atoms with E-state index in [1.54, 1.807) is 10.7 Å². The summed E-state index contributed by atoms with van der Waals surface area (Å²) in [6, 6.07) is 10.2. The van der Waals surface area contributed by atoms with Crippen molar-refractivity contribution in [3.63, 3.8) is 0 Å². The second-order valence-corrected chi connectivity index (χ2v) is 37.4. The molecule has 0 aliphatic carbocycles. The molecule has 314 valence electrons. The van der Waals surface area contributed by atoms with Gasteiger partial charge in [-0.2, -0.15) is 0 Å². The number of rotatable bonds is 26. The van der Waals surface area contributed by atoms with Crippen molar-refractivity contribution in [3.05, 3.63) is 45.6 Å². The Kier molecular flexibility index (Phi) is 22.7. The molecular weight excluding hydrogens is 795 g/mol. The molecule has 9 atom stereocenters. The maximum absolute atomic E-state index is 11.6. The third-order valence-electron chi connectivity index (χ3n) is 13.1. The summed E-state index contributed by atoms with van der Waals surface area (Å²) < 4.78 is 38.2. The van der Waals surface area contributed by atoms with Crippen LogP contribution in [0.15, 0.2) is 40.0 Å². The van der Waals surface area contributed by atoms with Crippen molar-refractivity contribution in [1.82, 2.24) is 0 Å². The van der Waals surface area contributed by atoms with E-state index in [9.17, 15) is 5.11 Å². The van der Waals surface area contributed by atoms with Gasteiger partial charge in [-0.3, -0.25) is 0 Å². The molecule has 0 bridgehead atoms. The molecule has 0 radical (unpaired) electrons. The minimum absolute atomic E-state index is 0.0338. The van der Waals surface area contributed by atoms with Crippen LogP contribution in [0.2, 0.25) is 31.4 Å². The van der Waals surface area contributed by atoms with Crippen LogP contribution in [0.4, 0.5) is 0 Å². The van der Waals surface area contributed by atoms with Gasteiger partial charge < -0.3 is 9.16 Å². The van der Waals surface area contributed by atoms with Crippen molar-refractivity contribution in [3.8, 4) is 0 Å². The van der Waals surface area contributed by atoms with Gasteiger partial charge in [-0.25, -0.2) is 0 Å². The van der Waals surface area contributed by atoms with Crippen molar-refractivity contribution in [1.29, 1.82) is 0 Å². The fourth-order valence-corrected chi connectivity index (χ4v) is 25.5. The molecular formula is C46H86O6SiSn. The first-order chi connectivity index (χ1) is 25.5. The molecule has 0 unspecified atom stereocenters. The zero-order valence-corrected chi connectivity index (χ0v) is 41.4. The van der Waals surface area contributed by atoms with E-state index in [-0.39, 0.29) is 53.8 Å². The van der Waals surface area contributed by atoms with Crippen molar-refractivity contribution < 1.29 is 28.5 Å². The summed E-state index contributed by atoms with van der Waals surface area (Å²) in [7, 11) is -0.194. The first-order valence-electron chi connectivity index (χ1n) is 21.9. The summed E-state index contributed by atoms with van der Waals surface area (Å²) in [5.74, 6) is 0.857. The predicted molar refractivity (Wildman–Crippen MR) is 234 cm³/mol. The van der Waals surface area contributed by atoms with Gasteiger partial charge in [-0.15, -0.1) is 0 Å². The van der Waals surface area contributed by atoms with Crippen LogP contribution >= 0.6 is 0 Å². The number of aliphatic hydroxyl groups excluding tert-OH is 1. The van der Waals surface area contributed by atoms with E-state index in [4.69, 9.17) is 23.4 Å². The van der Waals surface area contributed by atoms with Gasteiger partial charge in [-0.1, -0.05) is 58.0 Å². The molecule has 2 rings (SSSR count). The molecule has 1 aromatic carbocycles. The van der Waals surface area contributed by atoms with E-state index >= 15 is 0 Å². The number of hydrogen-bond donors (Lipinski definition) is 1. The normalized spacial score (nSPS) is 23.2. The summed E-state index contributed by atoms with van der Waals surface area (Å²) >= 11 is -2.51. The number of methoxy groups -OCH3 is 1. The molecule has 1 saturated heterocycles. The minimum atomic E-state index is -2.51. The fourth-order valence-electron chi connectivity index (χ4n) is 8.30. The number of benzene rings is 1. The monoisotopic (exact) mass is 883 g/mol. The first kappa shape index (κ1) is 49.9. The third-order valence-corrected chi connectivity index (χ3v) is 34.1. The number of ether oxygens (including phenoxy) is 4. The van der Waals surface area contributed by atoms with Gasteiger partial charge in [0.2, 0.25) is 0 Å². The van der Waals surface area contributed by atoms with Gasteiger partial charge >= 0.3 is 229 Å². The average Bonchev–Trinajstić information content (AvgIpc) is 3.13. The summed E-state index contributed by atoms with van der Waals surface area (Å²) in [6.45, 7) is 31.1. The van der Waals surface area contributed by atoms with E-state index in [2.05, 4.69) is 107 Å². The molecule has 1 aliphatic heterocycles. The van der Waals surface area contributed by atoms with Gasteiger partial charge in [0.05, 0.1) is 0 Å². The van der Waals surface area contributed by atoms with E-state index < -0.39 is 39.1 Å². The molecule has 1 heterocycles. The van der Waals surface area contributed by atoms with Crippen LogP contribution in [-0.2, 0) is 23.4 Å². The Morgan fingerprint density at radius 2 is 1.50 bits per heavy atom. The molecule has 0 aromatic heterocycles. The topological polar surface area (TPSA) is 66.4 Å². The number of unbranched alkanes of at least 4 members (excludes halogenated alkanes) is 3. The Hall–Kier alpha value is -0.264. The second kappa shape index (κ2) is 24.6. The Bertz CT molecular complexity index is 1150. The standard InChI is InChI=1S/C34H59O6Si.3C4H9.Sn/c1-12-16-24(2)31(37-23-36-9)25(3)19-20-29(35)21-30-27(5)32(26(4)22-38-41(10,11)34(6,7)8)40-33(39-30)28-17-14-13-15-18-28;3*1-3-4-2;/h13-18,24-27,29-33,35H,19-23H2,1-11H3;3*1,3-4H2,2H3;/t24-,25-,26-,27-,29-,30-,31-,32+,33-;;;;/m0..../s1. The molecule has 0 saturated carbocycles. The summed E-state index contributed by atoms with van der Waals surface area (Å²) in [4.78, 5) is 0. The Morgan fingerprint density at radius 1 is 0.926 bits per heavy atom. The Morgan fingerprint density at radius 3 is 2.02 bits per heavy atom. The van der Waals surface area contributed by atoms with Crippen molar-refractivity contribution in [2.24, 2.45) is 23.7 Å². The zero-order chi connectivity index (χ0) is 40.5. The van der Waals surface area contributed by atoms with E-state index in [0.717, 1.165) is 12.0 Å².